The third kappa shape index (κ3) is 7.00. The second kappa shape index (κ2) is 9.53. The number of oxime groups is 2. The van der Waals surface area contributed by atoms with Crippen molar-refractivity contribution in [2.24, 2.45) is 10.3 Å². The van der Waals surface area contributed by atoms with Crippen LogP contribution in [0.5, 0.6) is 0 Å². The van der Waals surface area contributed by atoms with Gasteiger partial charge in [0.05, 0.1) is 22.5 Å². The smallest absolute Gasteiger partial charge is 0.120 e. The van der Waals surface area contributed by atoms with Crippen molar-refractivity contribution in [3.63, 3.8) is 0 Å². The van der Waals surface area contributed by atoms with Crippen LogP contribution in [0.1, 0.15) is 53.9 Å². The fraction of sp³-hybridized carbons (Fsp3) is 0.800. The van der Waals surface area contributed by atoms with E-state index in [1.54, 1.807) is 6.92 Å². The Kier molecular flexibility index (Phi) is 8.89. The van der Waals surface area contributed by atoms with Crippen LogP contribution in [0.3, 0.4) is 0 Å². The maximum atomic E-state index is 10.4. The van der Waals surface area contributed by atoms with E-state index in [4.69, 9.17) is 10.4 Å². The van der Waals surface area contributed by atoms with Gasteiger partial charge in [-0.05, 0) is 60.5 Å². The van der Waals surface area contributed by atoms with Gasteiger partial charge in [0.25, 0.3) is 0 Å². The van der Waals surface area contributed by atoms with E-state index >= 15 is 0 Å². The molecule has 128 valence electrons. The predicted molar refractivity (Wildman–Crippen MR) is 88.2 cm³/mol. The van der Waals surface area contributed by atoms with Gasteiger partial charge in [0.1, 0.15) is 6.29 Å². The first kappa shape index (κ1) is 20.5. The van der Waals surface area contributed by atoms with Crippen LogP contribution < -0.4 is 10.6 Å². The monoisotopic (exact) mass is 314 g/mol. The number of carbonyl (C=O) groups is 1. The highest BCUT2D eigenvalue weighted by molar-refractivity contribution is 5.93. The van der Waals surface area contributed by atoms with Crippen LogP contribution in [0.25, 0.3) is 0 Å². The highest BCUT2D eigenvalue weighted by atomic mass is 16.4. The molecule has 0 aliphatic heterocycles. The topological polar surface area (TPSA) is 106 Å². The molecule has 0 rings (SSSR count). The molecule has 0 unspecified atom stereocenters. The van der Waals surface area contributed by atoms with E-state index in [-0.39, 0.29) is 5.54 Å². The van der Waals surface area contributed by atoms with Crippen molar-refractivity contribution in [2.75, 3.05) is 13.1 Å². The first-order valence-corrected chi connectivity index (χ1v) is 7.55. The minimum absolute atomic E-state index is 0.347. The van der Waals surface area contributed by atoms with Crippen LogP contribution >= 0.6 is 0 Å². The average Bonchev–Trinajstić information content (AvgIpc) is 2.46. The van der Waals surface area contributed by atoms with E-state index in [9.17, 15) is 4.79 Å². The summed E-state index contributed by atoms with van der Waals surface area (Å²) in [5.74, 6) is 0. The zero-order valence-corrected chi connectivity index (χ0v) is 14.3. The van der Waals surface area contributed by atoms with Gasteiger partial charge in [-0.1, -0.05) is 10.3 Å². The Labute approximate surface area is 132 Å². The Balaban J connectivity index is 4.21. The van der Waals surface area contributed by atoms with Gasteiger partial charge >= 0.3 is 0 Å². The quantitative estimate of drug-likeness (QED) is 0.153. The van der Waals surface area contributed by atoms with Crippen molar-refractivity contribution in [1.82, 2.24) is 10.6 Å². The van der Waals surface area contributed by atoms with Gasteiger partial charge in [-0.2, -0.15) is 0 Å². The summed E-state index contributed by atoms with van der Waals surface area (Å²) in [6.07, 6.45) is 2.47. The lowest BCUT2D eigenvalue weighted by molar-refractivity contribution is -0.107. The standard InChI is InChI=1S/C15H30N4O3/c1-12(18-21)14(2,3)16-9-7-10-17-15(4,5)13(19-22)8-6-11-20/h11,16-17,21-22H,6-10H2,1-5H3/b18-12+,19-13+. The van der Waals surface area contributed by atoms with Crippen molar-refractivity contribution < 1.29 is 15.2 Å². The lowest BCUT2D eigenvalue weighted by atomic mass is 9.94. The molecule has 0 spiro atoms. The third-order valence-corrected chi connectivity index (χ3v) is 3.88. The molecule has 0 heterocycles. The molecule has 22 heavy (non-hydrogen) atoms. The summed E-state index contributed by atoms with van der Waals surface area (Å²) < 4.78 is 0. The molecule has 0 aromatic carbocycles. The van der Waals surface area contributed by atoms with Crippen LogP contribution in [-0.4, -0.2) is 52.3 Å². The lowest BCUT2D eigenvalue weighted by Crippen LogP contribution is -2.49. The highest BCUT2D eigenvalue weighted by Crippen LogP contribution is 2.10. The normalized spacial score (nSPS) is 14.2. The summed E-state index contributed by atoms with van der Waals surface area (Å²) in [5, 5.41) is 31.1. The molecule has 0 atom stereocenters. The Hall–Kier alpha value is -1.47. The highest BCUT2D eigenvalue weighted by Gasteiger charge is 2.25. The van der Waals surface area contributed by atoms with E-state index < -0.39 is 5.54 Å². The largest absolute Gasteiger partial charge is 0.411 e. The van der Waals surface area contributed by atoms with E-state index in [1.165, 1.54) is 0 Å². The van der Waals surface area contributed by atoms with Crippen LogP contribution in [-0.2, 0) is 4.79 Å². The summed E-state index contributed by atoms with van der Waals surface area (Å²) in [6.45, 7) is 11.0. The van der Waals surface area contributed by atoms with E-state index in [0.717, 1.165) is 25.8 Å². The second-order valence-corrected chi connectivity index (χ2v) is 6.39. The van der Waals surface area contributed by atoms with Crippen LogP contribution in [0.4, 0.5) is 0 Å². The molecule has 0 aliphatic carbocycles. The van der Waals surface area contributed by atoms with Crippen LogP contribution in [0, 0.1) is 0 Å². The van der Waals surface area contributed by atoms with Crippen molar-refractivity contribution in [1.29, 1.82) is 0 Å². The number of hydrogen-bond acceptors (Lipinski definition) is 7. The molecular formula is C15H30N4O3. The minimum atomic E-state index is -0.463. The first-order valence-electron chi connectivity index (χ1n) is 7.55. The van der Waals surface area contributed by atoms with Gasteiger partial charge in [0, 0.05) is 6.42 Å². The molecule has 4 N–H and O–H groups in total. The van der Waals surface area contributed by atoms with Crippen molar-refractivity contribution in [2.45, 2.75) is 65.0 Å². The number of hydrogen-bond donors (Lipinski definition) is 4. The number of aldehydes is 1. The maximum Gasteiger partial charge on any atom is 0.120 e. The molecule has 0 aromatic heterocycles. The van der Waals surface area contributed by atoms with Gasteiger partial charge in [0.15, 0.2) is 0 Å². The molecule has 0 aromatic rings. The average molecular weight is 314 g/mol. The van der Waals surface area contributed by atoms with Gasteiger partial charge in [-0.15, -0.1) is 0 Å². The van der Waals surface area contributed by atoms with E-state index in [2.05, 4.69) is 20.9 Å². The molecular weight excluding hydrogens is 284 g/mol. The molecule has 0 bridgehead atoms. The molecule has 0 radical (unpaired) electrons. The molecule has 0 saturated carbocycles. The SMILES string of the molecule is C/C(=N\O)C(C)(C)NCCCNC(C)(C)/C(CCC=O)=N/O. The van der Waals surface area contributed by atoms with Crippen molar-refractivity contribution >= 4 is 17.7 Å². The summed E-state index contributed by atoms with van der Waals surface area (Å²) in [6, 6.07) is 0. The molecule has 0 saturated heterocycles. The molecule has 0 fully saturated rings. The van der Waals surface area contributed by atoms with Crippen LogP contribution in [0.2, 0.25) is 0 Å². The number of nitrogens with one attached hydrogen (secondary N) is 2. The van der Waals surface area contributed by atoms with E-state index in [0.29, 0.717) is 24.3 Å². The first-order chi connectivity index (χ1) is 10.2. The fourth-order valence-corrected chi connectivity index (χ4v) is 1.93. The minimum Gasteiger partial charge on any atom is -0.411 e. The Bertz CT molecular complexity index is 404. The summed E-state index contributed by atoms with van der Waals surface area (Å²) >= 11 is 0. The van der Waals surface area contributed by atoms with Gasteiger partial charge < -0.3 is 25.8 Å². The number of rotatable bonds is 11. The zero-order valence-electron chi connectivity index (χ0n) is 14.3. The maximum absolute atomic E-state index is 10.4. The Morgan fingerprint density at radius 1 is 1.05 bits per heavy atom. The van der Waals surface area contributed by atoms with E-state index in [1.807, 2.05) is 27.7 Å². The molecule has 0 amide bonds. The van der Waals surface area contributed by atoms with Gasteiger partial charge in [-0.25, -0.2) is 0 Å². The number of nitrogens with zero attached hydrogens (tertiary/aromatic N) is 2. The van der Waals surface area contributed by atoms with Gasteiger partial charge in [-0.3, -0.25) is 0 Å². The van der Waals surface area contributed by atoms with Crippen molar-refractivity contribution in [3.05, 3.63) is 0 Å². The molecule has 7 nitrogen and oxygen atoms in total. The summed E-state index contributed by atoms with van der Waals surface area (Å²) in [7, 11) is 0. The Morgan fingerprint density at radius 3 is 2.05 bits per heavy atom. The third-order valence-electron chi connectivity index (χ3n) is 3.88. The lowest BCUT2D eigenvalue weighted by Gasteiger charge is -2.28. The summed E-state index contributed by atoms with van der Waals surface area (Å²) in [5.41, 5.74) is 0.377. The fourth-order valence-electron chi connectivity index (χ4n) is 1.93. The number of carbonyl (C=O) groups excluding carboxylic acids is 1. The molecule has 0 aliphatic rings. The second-order valence-electron chi connectivity index (χ2n) is 6.39. The molecule has 7 heteroatoms. The van der Waals surface area contributed by atoms with Gasteiger partial charge in [0.2, 0.25) is 0 Å². The van der Waals surface area contributed by atoms with Crippen LogP contribution in [0.15, 0.2) is 10.3 Å². The zero-order chi connectivity index (χ0) is 17.2. The Morgan fingerprint density at radius 2 is 1.59 bits per heavy atom. The van der Waals surface area contributed by atoms with Crippen molar-refractivity contribution in [3.8, 4) is 0 Å². The summed E-state index contributed by atoms with van der Waals surface area (Å²) in [4.78, 5) is 10.4. The predicted octanol–water partition coefficient (Wildman–Crippen LogP) is 1.77.